The van der Waals surface area contributed by atoms with E-state index < -0.39 is 0 Å². The minimum absolute atomic E-state index is 1.08. The second kappa shape index (κ2) is 20.1. The summed E-state index contributed by atoms with van der Waals surface area (Å²) < 4.78 is 1.29. The maximum Gasteiger partial charge on any atom is 0.0907 e. The summed E-state index contributed by atoms with van der Waals surface area (Å²) in [5, 5.41) is 1.14. The third kappa shape index (κ3) is 15.0. The van der Waals surface area contributed by atoms with Crippen LogP contribution in [0, 0.1) is 41.5 Å². The van der Waals surface area contributed by atoms with Crippen molar-refractivity contribution in [3.05, 3.63) is 93.7 Å². The van der Waals surface area contributed by atoms with Crippen LogP contribution in [0.1, 0.15) is 74.5 Å². The predicted octanol–water partition coefficient (Wildman–Crippen LogP) is 9.99. The van der Waals surface area contributed by atoms with Crippen LogP contribution in [-0.4, -0.2) is 9.97 Å². The predicted molar refractivity (Wildman–Crippen MR) is 153 cm³/mol. The highest BCUT2D eigenvalue weighted by Crippen LogP contribution is 2.21. The van der Waals surface area contributed by atoms with Gasteiger partial charge in [-0.25, -0.2) is 4.98 Å². The van der Waals surface area contributed by atoms with Crippen molar-refractivity contribution in [2.75, 3.05) is 0 Å². The van der Waals surface area contributed by atoms with E-state index in [0.29, 0.717) is 0 Å². The molecule has 33 heavy (non-hydrogen) atoms. The molecule has 2 aromatic carbocycles. The van der Waals surface area contributed by atoms with Gasteiger partial charge in [-0.1, -0.05) is 89.1 Å². The molecule has 0 aliphatic heterocycles. The van der Waals surface area contributed by atoms with E-state index in [9.17, 15) is 0 Å². The molecule has 0 bridgehead atoms. The molecule has 0 aliphatic rings. The number of nitrogens with zero attached hydrogens (tertiary/aromatic N) is 2. The second-order valence-electron chi connectivity index (χ2n) is 6.84. The van der Waals surface area contributed by atoms with Crippen LogP contribution >= 0.6 is 11.3 Å². The summed E-state index contributed by atoms with van der Waals surface area (Å²) in [4.78, 5) is 8.45. The molecule has 0 atom stereocenters. The zero-order valence-electron chi connectivity index (χ0n) is 23.1. The topological polar surface area (TPSA) is 25.8 Å². The molecule has 0 saturated heterocycles. The molecule has 2 aromatic heterocycles. The Kier molecular flexibility index (Phi) is 19.9. The number of hydrogen-bond acceptors (Lipinski definition) is 3. The highest BCUT2D eigenvalue weighted by atomic mass is 32.1. The molecule has 0 amide bonds. The van der Waals surface area contributed by atoms with Crippen molar-refractivity contribution < 1.29 is 0 Å². The minimum Gasteiger partial charge on any atom is -0.261 e. The van der Waals surface area contributed by atoms with Gasteiger partial charge >= 0.3 is 0 Å². The quantitative estimate of drug-likeness (QED) is 0.257. The van der Waals surface area contributed by atoms with Gasteiger partial charge in [0.25, 0.3) is 0 Å². The lowest BCUT2D eigenvalue weighted by molar-refractivity contribution is 1.17. The maximum atomic E-state index is 4.37. The molecule has 0 radical (unpaired) electrons. The summed E-state index contributed by atoms with van der Waals surface area (Å²) in [6.45, 7) is 24.4. The zero-order chi connectivity index (χ0) is 25.8. The number of aryl methyl sites for hydroxylation is 6. The maximum absolute atomic E-state index is 4.37. The first-order chi connectivity index (χ1) is 15.8. The lowest BCUT2D eigenvalue weighted by atomic mass is 10.2. The molecule has 0 saturated carbocycles. The summed E-state index contributed by atoms with van der Waals surface area (Å²) >= 11 is 1.76. The van der Waals surface area contributed by atoms with Gasteiger partial charge in [0.1, 0.15) is 0 Å². The second-order valence-corrected chi connectivity index (χ2v) is 8.07. The van der Waals surface area contributed by atoms with Crippen LogP contribution in [0.3, 0.4) is 0 Å². The van der Waals surface area contributed by atoms with Crippen LogP contribution in [0.2, 0.25) is 0 Å². The average molecular weight is 467 g/mol. The summed E-state index contributed by atoms with van der Waals surface area (Å²) in [5.41, 5.74) is 7.39. The van der Waals surface area contributed by atoms with E-state index in [1.54, 1.807) is 11.3 Å². The van der Waals surface area contributed by atoms with Crippen LogP contribution in [-0.2, 0) is 0 Å². The van der Waals surface area contributed by atoms with Gasteiger partial charge in [0.05, 0.1) is 15.2 Å². The number of rotatable bonds is 0. The monoisotopic (exact) mass is 466 g/mol. The molecule has 3 heteroatoms. The van der Waals surface area contributed by atoms with Gasteiger partial charge in [0.2, 0.25) is 0 Å². The zero-order valence-corrected chi connectivity index (χ0v) is 23.9. The third-order valence-corrected chi connectivity index (χ3v) is 4.86. The van der Waals surface area contributed by atoms with Gasteiger partial charge in [0, 0.05) is 11.9 Å². The van der Waals surface area contributed by atoms with E-state index in [4.69, 9.17) is 0 Å². The Bertz CT molecular complexity index is 883. The van der Waals surface area contributed by atoms with Crippen LogP contribution in [0.4, 0.5) is 0 Å². The van der Waals surface area contributed by atoms with E-state index in [-0.39, 0.29) is 0 Å². The number of thiazole rings is 1. The van der Waals surface area contributed by atoms with Crippen molar-refractivity contribution >= 4 is 21.6 Å². The SMILES string of the molecule is CC.CC.CC.Cc1ccc(C)cc1.Cc1ccc(C)nc1.Cc1ccc2nc(C)sc2c1. The van der Waals surface area contributed by atoms with E-state index in [1.807, 2.05) is 74.6 Å². The Morgan fingerprint density at radius 2 is 1.00 bits per heavy atom. The lowest BCUT2D eigenvalue weighted by Gasteiger charge is -1.90. The summed E-state index contributed by atoms with van der Waals surface area (Å²) in [7, 11) is 0. The average Bonchev–Trinajstić information content (AvgIpc) is 3.22. The number of hydrogen-bond donors (Lipinski definition) is 0. The first-order valence-electron chi connectivity index (χ1n) is 12.1. The van der Waals surface area contributed by atoms with E-state index in [0.717, 1.165) is 16.2 Å². The van der Waals surface area contributed by atoms with Gasteiger partial charge < -0.3 is 0 Å². The standard InChI is InChI=1S/C9H9NS.C8H10.C7H9N.3C2H6/c1-6-3-4-8-9(5-6)11-7(2)10-8;1-7-3-5-8(2)6-4-7;1-6-3-4-7(2)8-5-6;3*1-2/h3-5H,1-2H3;3-6H,1-2H3;3-5H,1-2H3;3*1-2H3. The fourth-order valence-electron chi connectivity index (χ4n) is 2.33. The highest BCUT2D eigenvalue weighted by molar-refractivity contribution is 7.18. The molecule has 2 nitrogen and oxygen atoms in total. The van der Waals surface area contributed by atoms with Crippen molar-refractivity contribution in [1.82, 2.24) is 9.97 Å². The molecular formula is C30H46N2S. The normalized spacial score (nSPS) is 8.61. The molecule has 2 heterocycles. The molecule has 4 rings (SSSR count). The Balaban J connectivity index is 0. The summed E-state index contributed by atoms with van der Waals surface area (Å²) in [6, 6.07) is 18.9. The van der Waals surface area contributed by atoms with Gasteiger partial charge in [-0.05, 0) is 70.9 Å². The number of aromatic nitrogens is 2. The fourth-order valence-corrected chi connectivity index (χ4v) is 3.25. The van der Waals surface area contributed by atoms with Crippen molar-refractivity contribution in [3.63, 3.8) is 0 Å². The van der Waals surface area contributed by atoms with Gasteiger partial charge in [0.15, 0.2) is 0 Å². The fraction of sp³-hybridized carbons (Fsp3) is 0.400. The van der Waals surface area contributed by atoms with Gasteiger partial charge in [-0.3, -0.25) is 4.98 Å². The Morgan fingerprint density at radius 1 is 0.545 bits per heavy atom. The summed E-state index contributed by atoms with van der Waals surface area (Å²) in [6.07, 6.45) is 1.87. The van der Waals surface area contributed by atoms with Crippen LogP contribution in [0.15, 0.2) is 60.8 Å². The molecule has 182 valence electrons. The Hall–Kier alpha value is -2.52. The van der Waals surface area contributed by atoms with Crippen LogP contribution in [0.5, 0.6) is 0 Å². The molecule has 0 aliphatic carbocycles. The molecule has 4 aromatic rings. The molecular weight excluding hydrogens is 420 g/mol. The van der Waals surface area contributed by atoms with E-state index in [2.05, 4.69) is 79.3 Å². The molecule has 0 fully saturated rings. The van der Waals surface area contributed by atoms with Crippen molar-refractivity contribution in [3.8, 4) is 0 Å². The van der Waals surface area contributed by atoms with Crippen molar-refractivity contribution in [1.29, 1.82) is 0 Å². The van der Waals surface area contributed by atoms with E-state index in [1.165, 1.54) is 27.0 Å². The van der Waals surface area contributed by atoms with Crippen LogP contribution in [0.25, 0.3) is 10.2 Å². The number of benzene rings is 2. The van der Waals surface area contributed by atoms with E-state index >= 15 is 0 Å². The molecule has 0 spiro atoms. The van der Waals surface area contributed by atoms with Crippen LogP contribution < -0.4 is 0 Å². The Labute approximate surface area is 208 Å². The first-order valence-corrected chi connectivity index (χ1v) is 12.9. The van der Waals surface area contributed by atoms with Crippen molar-refractivity contribution in [2.45, 2.75) is 83.1 Å². The van der Waals surface area contributed by atoms with Gasteiger partial charge in [-0.15, -0.1) is 11.3 Å². The highest BCUT2D eigenvalue weighted by Gasteiger charge is 1.98. The van der Waals surface area contributed by atoms with Crippen molar-refractivity contribution in [2.24, 2.45) is 0 Å². The van der Waals surface area contributed by atoms with Gasteiger partial charge in [-0.2, -0.15) is 0 Å². The number of pyridine rings is 1. The summed E-state index contributed by atoms with van der Waals surface area (Å²) in [5.74, 6) is 0. The smallest absolute Gasteiger partial charge is 0.0907 e. The lowest BCUT2D eigenvalue weighted by Crippen LogP contribution is -1.78. The molecule has 0 N–H and O–H groups in total. The largest absolute Gasteiger partial charge is 0.261 e. The third-order valence-electron chi connectivity index (χ3n) is 3.93. The molecule has 0 unspecified atom stereocenters. The number of fused-ring (bicyclic) bond motifs is 1. The minimum atomic E-state index is 1.08. The Morgan fingerprint density at radius 3 is 1.42 bits per heavy atom. The first kappa shape index (κ1) is 32.7.